The van der Waals surface area contributed by atoms with Crippen LogP contribution in [-0.4, -0.2) is 16.3 Å². The standard InChI is InChI=1S/C13H17N3/c1-3-14-8-12-9-15-16(10-12)13-6-4-11(2)5-7-13/h4-7,9-10,14H,3,8H2,1-2H3. The fourth-order valence-corrected chi connectivity index (χ4v) is 1.56. The summed E-state index contributed by atoms with van der Waals surface area (Å²) in [7, 11) is 0. The molecule has 0 saturated carbocycles. The van der Waals surface area contributed by atoms with Gasteiger partial charge in [0.1, 0.15) is 0 Å². The normalized spacial score (nSPS) is 10.6. The first-order valence-electron chi connectivity index (χ1n) is 5.61. The van der Waals surface area contributed by atoms with Crippen molar-refractivity contribution < 1.29 is 0 Å². The van der Waals surface area contributed by atoms with Crippen LogP contribution in [0.15, 0.2) is 36.7 Å². The molecule has 0 bridgehead atoms. The van der Waals surface area contributed by atoms with Gasteiger partial charge in [0.2, 0.25) is 0 Å². The Morgan fingerprint density at radius 3 is 2.69 bits per heavy atom. The van der Waals surface area contributed by atoms with Crippen LogP contribution >= 0.6 is 0 Å². The Morgan fingerprint density at radius 2 is 2.00 bits per heavy atom. The molecule has 3 nitrogen and oxygen atoms in total. The minimum atomic E-state index is 0.877. The molecule has 16 heavy (non-hydrogen) atoms. The predicted octanol–water partition coefficient (Wildman–Crippen LogP) is 2.29. The van der Waals surface area contributed by atoms with E-state index >= 15 is 0 Å². The number of benzene rings is 1. The highest BCUT2D eigenvalue weighted by molar-refractivity contribution is 5.33. The van der Waals surface area contributed by atoms with Crippen LogP contribution in [0, 0.1) is 6.92 Å². The van der Waals surface area contributed by atoms with Crippen LogP contribution in [0.3, 0.4) is 0 Å². The molecular formula is C13H17N3. The van der Waals surface area contributed by atoms with Crippen molar-refractivity contribution in [1.29, 1.82) is 0 Å². The summed E-state index contributed by atoms with van der Waals surface area (Å²) in [6, 6.07) is 8.36. The maximum absolute atomic E-state index is 4.35. The average molecular weight is 215 g/mol. The number of nitrogens with one attached hydrogen (secondary N) is 1. The van der Waals surface area contributed by atoms with E-state index in [1.807, 2.05) is 10.9 Å². The van der Waals surface area contributed by atoms with Crippen molar-refractivity contribution in [2.75, 3.05) is 6.54 Å². The zero-order valence-corrected chi connectivity index (χ0v) is 9.77. The third-order valence-corrected chi connectivity index (χ3v) is 2.51. The van der Waals surface area contributed by atoms with Gasteiger partial charge in [0.15, 0.2) is 0 Å². The molecule has 0 aliphatic rings. The molecule has 0 unspecified atom stereocenters. The van der Waals surface area contributed by atoms with E-state index in [4.69, 9.17) is 0 Å². The molecule has 1 aromatic heterocycles. The average Bonchev–Trinajstić information content (AvgIpc) is 2.76. The minimum absolute atomic E-state index is 0.877. The minimum Gasteiger partial charge on any atom is -0.313 e. The second-order valence-corrected chi connectivity index (χ2v) is 3.91. The van der Waals surface area contributed by atoms with E-state index in [9.17, 15) is 0 Å². The van der Waals surface area contributed by atoms with E-state index in [1.165, 1.54) is 11.1 Å². The number of rotatable bonds is 4. The maximum Gasteiger partial charge on any atom is 0.0645 e. The number of hydrogen-bond donors (Lipinski definition) is 1. The number of aromatic nitrogens is 2. The Labute approximate surface area is 96.1 Å². The molecule has 0 amide bonds. The molecule has 0 aliphatic carbocycles. The lowest BCUT2D eigenvalue weighted by Crippen LogP contribution is -2.10. The van der Waals surface area contributed by atoms with Crippen LogP contribution in [0.1, 0.15) is 18.1 Å². The van der Waals surface area contributed by atoms with E-state index in [1.54, 1.807) is 0 Å². The number of nitrogens with zero attached hydrogens (tertiary/aromatic N) is 2. The van der Waals surface area contributed by atoms with Gasteiger partial charge in [-0.1, -0.05) is 24.6 Å². The SMILES string of the molecule is CCNCc1cnn(-c2ccc(C)cc2)c1. The van der Waals surface area contributed by atoms with Crippen LogP contribution in [-0.2, 0) is 6.54 Å². The van der Waals surface area contributed by atoms with Crippen molar-refractivity contribution in [3.05, 3.63) is 47.8 Å². The van der Waals surface area contributed by atoms with Crippen LogP contribution in [0.2, 0.25) is 0 Å². The van der Waals surface area contributed by atoms with Gasteiger partial charge in [0, 0.05) is 18.3 Å². The summed E-state index contributed by atoms with van der Waals surface area (Å²) in [6.45, 7) is 6.05. The molecule has 1 aromatic carbocycles. The first-order valence-corrected chi connectivity index (χ1v) is 5.61. The summed E-state index contributed by atoms with van der Waals surface area (Å²) in [4.78, 5) is 0. The van der Waals surface area contributed by atoms with Gasteiger partial charge in [-0.15, -0.1) is 0 Å². The second kappa shape index (κ2) is 4.94. The second-order valence-electron chi connectivity index (χ2n) is 3.91. The molecule has 0 radical (unpaired) electrons. The van der Waals surface area contributed by atoms with Gasteiger partial charge >= 0.3 is 0 Å². The zero-order chi connectivity index (χ0) is 11.4. The Morgan fingerprint density at radius 1 is 1.25 bits per heavy atom. The fraction of sp³-hybridized carbons (Fsp3) is 0.308. The molecule has 1 heterocycles. The molecule has 2 rings (SSSR count). The summed E-state index contributed by atoms with van der Waals surface area (Å²) in [6.07, 6.45) is 3.97. The third kappa shape index (κ3) is 2.49. The summed E-state index contributed by atoms with van der Waals surface area (Å²) >= 11 is 0. The lowest BCUT2D eigenvalue weighted by atomic mass is 10.2. The highest BCUT2D eigenvalue weighted by atomic mass is 15.3. The predicted molar refractivity (Wildman–Crippen MR) is 65.7 cm³/mol. The van der Waals surface area contributed by atoms with E-state index in [-0.39, 0.29) is 0 Å². The third-order valence-electron chi connectivity index (χ3n) is 2.51. The molecule has 0 atom stereocenters. The van der Waals surface area contributed by atoms with Crippen molar-refractivity contribution in [3.63, 3.8) is 0 Å². The Hall–Kier alpha value is -1.61. The quantitative estimate of drug-likeness (QED) is 0.848. The molecule has 0 spiro atoms. The summed E-state index contributed by atoms with van der Waals surface area (Å²) in [5.41, 5.74) is 3.58. The maximum atomic E-state index is 4.35. The van der Waals surface area contributed by atoms with Gasteiger partial charge in [0.25, 0.3) is 0 Å². The smallest absolute Gasteiger partial charge is 0.0645 e. The molecule has 0 fully saturated rings. The number of hydrogen-bond acceptors (Lipinski definition) is 2. The molecule has 0 aliphatic heterocycles. The van der Waals surface area contributed by atoms with Crippen molar-refractivity contribution >= 4 is 0 Å². The van der Waals surface area contributed by atoms with Crippen LogP contribution < -0.4 is 5.32 Å². The zero-order valence-electron chi connectivity index (χ0n) is 9.77. The molecule has 0 saturated heterocycles. The summed E-state index contributed by atoms with van der Waals surface area (Å²) in [5.74, 6) is 0. The molecule has 1 N–H and O–H groups in total. The number of aryl methyl sites for hydroxylation is 1. The highest BCUT2D eigenvalue weighted by Gasteiger charge is 1.99. The van der Waals surface area contributed by atoms with E-state index in [2.05, 4.69) is 54.7 Å². The molecule has 3 heteroatoms. The van der Waals surface area contributed by atoms with E-state index in [0.717, 1.165) is 18.8 Å². The van der Waals surface area contributed by atoms with Crippen LogP contribution in [0.25, 0.3) is 5.69 Å². The lowest BCUT2D eigenvalue weighted by Gasteiger charge is -2.01. The highest BCUT2D eigenvalue weighted by Crippen LogP contribution is 2.09. The first kappa shape index (κ1) is 10.9. The van der Waals surface area contributed by atoms with Gasteiger partial charge in [-0.3, -0.25) is 0 Å². The molecule has 2 aromatic rings. The van der Waals surface area contributed by atoms with Gasteiger partial charge in [-0.2, -0.15) is 5.10 Å². The monoisotopic (exact) mass is 215 g/mol. The van der Waals surface area contributed by atoms with Gasteiger partial charge < -0.3 is 5.32 Å². The van der Waals surface area contributed by atoms with Gasteiger partial charge in [-0.25, -0.2) is 4.68 Å². The Balaban J connectivity index is 2.15. The molecule has 84 valence electrons. The lowest BCUT2D eigenvalue weighted by molar-refractivity contribution is 0.726. The van der Waals surface area contributed by atoms with Gasteiger partial charge in [0.05, 0.1) is 11.9 Å². The van der Waals surface area contributed by atoms with Crippen molar-refractivity contribution in [2.24, 2.45) is 0 Å². The first-order chi connectivity index (χ1) is 7.79. The van der Waals surface area contributed by atoms with Crippen molar-refractivity contribution in [3.8, 4) is 5.69 Å². The van der Waals surface area contributed by atoms with Crippen molar-refractivity contribution in [1.82, 2.24) is 15.1 Å². The van der Waals surface area contributed by atoms with E-state index in [0.29, 0.717) is 0 Å². The largest absolute Gasteiger partial charge is 0.313 e. The van der Waals surface area contributed by atoms with Gasteiger partial charge in [-0.05, 0) is 25.6 Å². The molecular weight excluding hydrogens is 198 g/mol. The van der Waals surface area contributed by atoms with Crippen molar-refractivity contribution in [2.45, 2.75) is 20.4 Å². The topological polar surface area (TPSA) is 29.9 Å². The summed E-state index contributed by atoms with van der Waals surface area (Å²) in [5, 5.41) is 7.63. The van der Waals surface area contributed by atoms with Crippen LogP contribution in [0.5, 0.6) is 0 Å². The van der Waals surface area contributed by atoms with Crippen LogP contribution in [0.4, 0.5) is 0 Å². The van der Waals surface area contributed by atoms with E-state index < -0.39 is 0 Å². The Bertz CT molecular complexity index is 442. The fourth-order valence-electron chi connectivity index (χ4n) is 1.56. The Kier molecular flexibility index (Phi) is 3.37. The summed E-state index contributed by atoms with van der Waals surface area (Å²) < 4.78 is 1.91.